The molecule has 1 aromatic rings. The molecule has 0 unspecified atom stereocenters. The molecular formula is C13H20ClN3. The molecule has 0 aliphatic heterocycles. The normalized spacial score (nSPS) is 15.8. The first-order chi connectivity index (χ1) is 8.06. The molecule has 0 atom stereocenters. The van der Waals surface area contributed by atoms with Crippen molar-refractivity contribution in [1.82, 2.24) is 9.88 Å². The first-order valence-corrected chi connectivity index (χ1v) is 6.59. The summed E-state index contributed by atoms with van der Waals surface area (Å²) in [6.07, 6.45) is 2.60. The number of nitrogens with two attached hydrogens (primary N) is 1. The Bertz CT molecular complexity index is 388. The lowest BCUT2D eigenvalue weighted by Crippen LogP contribution is -2.30. The summed E-state index contributed by atoms with van der Waals surface area (Å²) in [6, 6.07) is 4.30. The van der Waals surface area contributed by atoms with Gasteiger partial charge in [0.2, 0.25) is 0 Å². The van der Waals surface area contributed by atoms with Gasteiger partial charge >= 0.3 is 0 Å². The van der Waals surface area contributed by atoms with Crippen molar-refractivity contribution in [3.63, 3.8) is 0 Å². The molecule has 3 nitrogen and oxygen atoms in total. The van der Waals surface area contributed by atoms with E-state index >= 15 is 0 Å². The van der Waals surface area contributed by atoms with E-state index in [4.69, 9.17) is 17.3 Å². The van der Waals surface area contributed by atoms with Gasteiger partial charge in [0.1, 0.15) is 5.82 Å². The standard InChI is InChI=1S/C13H20ClN3/c1-9(2)7-17(10-3-4-10)8-12-11(14)5-6-13(15)16-12/h5-6,9-10H,3-4,7-8H2,1-2H3,(H2,15,16). The first kappa shape index (κ1) is 12.7. The van der Waals surface area contributed by atoms with Gasteiger partial charge in [0.05, 0.1) is 10.7 Å². The Morgan fingerprint density at radius 1 is 1.47 bits per heavy atom. The smallest absolute Gasteiger partial charge is 0.123 e. The van der Waals surface area contributed by atoms with E-state index in [9.17, 15) is 0 Å². The third-order valence-corrected chi connectivity index (χ3v) is 3.30. The highest BCUT2D eigenvalue weighted by Gasteiger charge is 2.29. The van der Waals surface area contributed by atoms with Crippen LogP contribution < -0.4 is 5.73 Å². The molecule has 0 spiro atoms. The molecule has 0 amide bonds. The number of anilines is 1. The molecular weight excluding hydrogens is 234 g/mol. The molecule has 1 fully saturated rings. The summed E-state index contributed by atoms with van der Waals surface area (Å²) in [6.45, 7) is 6.39. The number of nitrogens with zero attached hydrogens (tertiary/aromatic N) is 2. The Kier molecular flexibility index (Phi) is 3.89. The lowest BCUT2D eigenvalue weighted by Gasteiger charge is -2.24. The lowest BCUT2D eigenvalue weighted by atomic mass is 10.2. The molecule has 2 rings (SSSR count). The second-order valence-corrected chi connectivity index (χ2v) is 5.63. The highest BCUT2D eigenvalue weighted by molar-refractivity contribution is 6.31. The average molecular weight is 254 g/mol. The van der Waals surface area contributed by atoms with Gasteiger partial charge in [0, 0.05) is 19.1 Å². The molecule has 2 N–H and O–H groups in total. The van der Waals surface area contributed by atoms with E-state index in [1.165, 1.54) is 12.8 Å². The molecule has 0 radical (unpaired) electrons. The Morgan fingerprint density at radius 3 is 2.76 bits per heavy atom. The van der Waals surface area contributed by atoms with Crippen LogP contribution in [-0.4, -0.2) is 22.5 Å². The van der Waals surface area contributed by atoms with Crippen LogP contribution in [0.25, 0.3) is 0 Å². The molecule has 0 aromatic carbocycles. The van der Waals surface area contributed by atoms with Crippen LogP contribution in [-0.2, 0) is 6.54 Å². The zero-order chi connectivity index (χ0) is 12.4. The van der Waals surface area contributed by atoms with Crippen LogP contribution in [0.1, 0.15) is 32.4 Å². The molecule has 0 saturated heterocycles. The number of hydrogen-bond donors (Lipinski definition) is 1. The minimum Gasteiger partial charge on any atom is -0.384 e. The molecule has 1 heterocycles. The van der Waals surface area contributed by atoms with Gasteiger partial charge in [-0.1, -0.05) is 25.4 Å². The van der Waals surface area contributed by atoms with Gasteiger partial charge in [0.25, 0.3) is 0 Å². The summed E-state index contributed by atoms with van der Waals surface area (Å²) in [5, 5.41) is 0.716. The van der Waals surface area contributed by atoms with Crippen molar-refractivity contribution in [2.75, 3.05) is 12.3 Å². The van der Waals surface area contributed by atoms with Crippen LogP contribution in [0.5, 0.6) is 0 Å². The van der Waals surface area contributed by atoms with Gasteiger partial charge in [-0.15, -0.1) is 0 Å². The van der Waals surface area contributed by atoms with Crippen LogP contribution in [0.3, 0.4) is 0 Å². The van der Waals surface area contributed by atoms with E-state index < -0.39 is 0 Å². The zero-order valence-corrected chi connectivity index (χ0v) is 11.2. The van der Waals surface area contributed by atoms with Crippen molar-refractivity contribution < 1.29 is 0 Å². The molecule has 1 aliphatic rings. The maximum atomic E-state index is 6.16. The lowest BCUT2D eigenvalue weighted by molar-refractivity contribution is 0.223. The quantitative estimate of drug-likeness (QED) is 0.877. The third kappa shape index (κ3) is 3.58. The molecule has 0 bridgehead atoms. The Labute approximate surface area is 108 Å². The molecule has 1 aliphatic carbocycles. The van der Waals surface area contributed by atoms with Gasteiger partial charge in [-0.25, -0.2) is 4.98 Å². The van der Waals surface area contributed by atoms with Crippen LogP contribution in [0, 0.1) is 5.92 Å². The predicted octanol–water partition coefficient (Wildman–Crippen LogP) is 2.94. The molecule has 4 heteroatoms. The van der Waals surface area contributed by atoms with E-state index in [2.05, 4.69) is 23.7 Å². The van der Waals surface area contributed by atoms with Crippen LogP contribution >= 0.6 is 11.6 Å². The fourth-order valence-electron chi connectivity index (χ4n) is 2.06. The minimum atomic E-state index is 0.546. The average Bonchev–Trinajstić information content (AvgIpc) is 3.05. The van der Waals surface area contributed by atoms with E-state index in [1.54, 1.807) is 6.07 Å². The number of aromatic nitrogens is 1. The topological polar surface area (TPSA) is 42.2 Å². The highest BCUT2D eigenvalue weighted by atomic mass is 35.5. The Morgan fingerprint density at radius 2 is 2.18 bits per heavy atom. The summed E-state index contributed by atoms with van der Waals surface area (Å²) in [7, 11) is 0. The van der Waals surface area contributed by atoms with E-state index in [0.29, 0.717) is 16.8 Å². The number of halogens is 1. The number of rotatable bonds is 5. The predicted molar refractivity (Wildman–Crippen MR) is 71.9 cm³/mol. The fourth-order valence-corrected chi connectivity index (χ4v) is 2.22. The summed E-state index contributed by atoms with van der Waals surface area (Å²) >= 11 is 6.16. The summed E-state index contributed by atoms with van der Waals surface area (Å²) < 4.78 is 0. The fraction of sp³-hybridized carbons (Fsp3) is 0.615. The summed E-state index contributed by atoms with van der Waals surface area (Å²) in [4.78, 5) is 6.80. The van der Waals surface area contributed by atoms with Crippen molar-refractivity contribution in [2.24, 2.45) is 5.92 Å². The first-order valence-electron chi connectivity index (χ1n) is 6.21. The molecule has 94 valence electrons. The minimum absolute atomic E-state index is 0.546. The maximum Gasteiger partial charge on any atom is 0.123 e. The van der Waals surface area contributed by atoms with Gasteiger partial charge in [-0.05, 0) is 30.9 Å². The van der Waals surface area contributed by atoms with E-state index in [1.807, 2.05) is 6.07 Å². The SMILES string of the molecule is CC(C)CN(Cc1nc(N)ccc1Cl)C1CC1. The van der Waals surface area contributed by atoms with Crippen molar-refractivity contribution in [1.29, 1.82) is 0 Å². The summed E-state index contributed by atoms with van der Waals surface area (Å²) in [5.41, 5.74) is 6.61. The Hall–Kier alpha value is -0.800. The van der Waals surface area contributed by atoms with Crippen molar-refractivity contribution in [2.45, 2.75) is 39.3 Å². The van der Waals surface area contributed by atoms with Gasteiger partial charge in [-0.2, -0.15) is 0 Å². The third-order valence-electron chi connectivity index (χ3n) is 2.96. The number of nitrogen functional groups attached to an aromatic ring is 1. The Balaban J connectivity index is 2.08. The van der Waals surface area contributed by atoms with Gasteiger partial charge in [0.15, 0.2) is 0 Å². The second kappa shape index (κ2) is 5.23. The zero-order valence-electron chi connectivity index (χ0n) is 10.5. The maximum absolute atomic E-state index is 6.16. The summed E-state index contributed by atoms with van der Waals surface area (Å²) in [5.74, 6) is 1.21. The molecule has 17 heavy (non-hydrogen) atoms. The van der Waals surface area contributed by atoms with Crippen molar-refractivity contribution >= 4 is 17.4 Å². The van der Waals surface area contributed by atoms with Gasteiger partial charge < -0.3 is 5.73 Å². The van der Waals surface area contributed by atoms with Crippen LogP contribution in [0.2, 0.25) is 5.02 Å². The largest absolute Gasteiger partial charge is 0.384 e. The highest BCUT2D eigenvalue weighted by Crippen LogP contribution is 2.30. The van der Waals surface area contributed by atoms with Crippen LogP contribution in [0.15, 0.2) is 12.1 Å². The molecule has 1 aromatic heterocycles. The van der Waals surface area contributed by atoms with Crippen molar-refractivity contribution in [3.05, 3.63) is 22.8 Å². The number of pyridine rings is 1. The monoisotopic (exact) mass is 253 g/mol. The molecule has 1 saturated carbocycles. The van der Waals surface area contributed by atoms with E-state index in [0.717, 1.165) is 24.8 Å². The van der Waals surface area contributed by atoms with Crippen LogP contribution in [0.4, 0.5) is 5.82 Å². The van der Waals surface area contributed by atoms with Gasteiger partial charge in [-0.3, -0.25) is 4.90 Å². The van der Waals surface area contributed by atoms with E-state index in [-0.39, 0.29) is 0 Å². The van der Waals surface area contributed by atoms with Crippen molar-refractivity contribution in [3.8, 4) is 0 Å². The second-order valence-electron chi connectivity index (χ2n) is 5.22. The number of hydrogen-bond acceptors (Lipinski definition) is 3.